The minimum absolute atomic E-state index is 0.0472. The molecule has 4 heteroatoms. The fourth-order valence-corrected chi connectivity index (χ4v) is 3.32. The maximum absolute atomic E-state index is 13.0. The summed E-state index contributed by atoms with van der Waals surface area (Å²) in [5, 5.41) is 4.67. The minimum Gasteiger partial charge on any atom is -0.310 e. The number of nitrogens with zero attached hydrogens (tertiary/aromatic N) is 3. The lowest BCUT2D eigenvalue weighted by Gasteiger charge is -2.16. The number of para-hydroxylation sites is 2. The largest absolute Gasteiger partial charge is 0.310 e. The standard InChI is InChI=1S/C20H19N3O/c1-22(15-9-4-2-5-10-15)20(24)19-17-13-8-14-18(17)23(21-19)16-11-6-3-7-12-16/h2-7,9-12H,8,13-14H2,1H3. The second-order valence-electron chi connectivity index (χ2n) is 6.07. The van der Waals surface area contributed by atoms with Gasteiger partial charge < -0.3 is 4.90 Å². The van der Waals surface area contributed by atoms with Crippen LogP contribution in [0.2, 0.25) is 0 Å². The highest BCUT2D eigenvalue weighted by molar-refractivity contribution is 6.05. The summed E-state index contributed by atoms with van der Waals surface area (Å²) in [7, 11) is 1.81. The van der Waals surface area contributed by atoms with Gasteiger partial charge in [-0.05, 0) is 43.5 Å². The van der Waals surface area contributed by atoms with Crippen LogP contribution in [-0.4, -0.2) is 22.7 Å². The van der Waals surface area contributed by atoms with E-state index < -0.39 is 0 Å². The van der Waals surface area contributed by atoms with E-state index in [0.29, 0.717) is 5.69 Å². The molecule has 1 heterocycles. The molecule has 0 atom stereocenters. The van der Waals surface area contributed by atoms with Crippen LogP contribution in [0.15, 0.2) is 60.7 Å². The maximum Gasteiger partial charge on any atom is 0.278 e. The van der Waals surface area contributed by atoms with Crippen LogP contribution in [0.25, 0.3) is 5.69 Å². The molecule has 120 valence electrons. The van der Waals surface area contributed by atoms with Gasteiger partial charge in [-0.3, -0.25) is 4.79 Å². The first-order valence-corrected chi connectivity index (χ1v) is 8.25. The summed E-state index contributed by atoms with van der Waals surface area (Å²) in [6.45, 7) is 0. The van der Waals surface area contributed by atoms with Crippen LogP contribution in [0.5, 0.6) is 0 Å². The van der Waals surface area contributed by atoms with Gasteiger partial charge in [0.15, 0.2) is 5.69 Å². The Labute approximate surface area is 141 Å². The van der Waals surface area contributed by atoms with Crippen LogP contribution in [0, 0.1) is 0 Å². The summed E-state index contributed by atoms with van der Waals surface area (Å²) in [5.41, 5.74) is 4.75. The molecule has 1 aromatic heterocycles. The Morgan fingerprint density at radius 3 is 2.38 bits per heavy atom. The third-order valence-corrected chi connectivity index (χ3v) is 4.58. The van der Waals surface area contributed by atoms with E-state index in [-0.39, 0.29) is 5.91 Å². The molecular weight excluding hydrogens is 298 g/mol. The molecular formula is C20H19N3O. The van der Waals surface area contributed by atoms with Crippen molar-refractivity contribution in [1.82, 2.24) is 9.78 Å². The van der Waals surface area contributed by atoms with Gasteiger partial charge in [-0.2, -0.15) is 5.10 Å². The van der Waals surface area contributed by atoms with Crippen LogP contribution >= 0.6 is 0 Å². The molecule has 0 fully saturated rings. The van der Waals surface area contributed by atoms with Crippen molar-refractivity contribution in [2.45, 2.75) is 19.3 Å². The van der Waals surface area contributed by atoms with E-state index in [4.69, 9.17) is 0 Å². The summed E-state index contributed by atoms with van der Waals surface area (Å²) in [6.07, 6.45) is 2.97. The average Bonchev–Trinajstić information content (AvgIpc) is 3.24. The fraction of sp³-hybridized carbons (Fsp3) is 0.200. The molecule has 3 aromatic rings. The number of fused-ring (bicyclic) bond motifs is 1. The van der Waals surface area contributed by atoms with Crippen LogP contribution in [0.1, 0.15) is 28.2 Å². The monoisotopic (exact) mass is 317 g/mol. The molecule has 0 aliphatic heterocycles. The number of hydrogen-bond donors (Lipinski definition) is 0. The van der Waals surface area contributed by atoms with Crippen molar-refractivity contribution in [2.24, 2.45) is 0 Å². The molecule has 0 unspecified atom stereocenters. The first-order valence-electron chi connectivity index (χ1n) is 8.25. The number of amides is 1. The highest BCUT2D eigenvalue weighted by Crippen LogP contribution is 2.29. The molecule has 24 heavy (non-hydrogen) atoms. The smallest absolute Gasteiger partial charge is 0.278 e. The van der Waals surface area contributed by atoms with Gasteiger partial charge in [0, 0.05) is 24.0 Å². The van der Waals surface area contributed by atoms with E-state index in [0.717, 1.165) is 36.2 Å². The lowest BCUT2D eigenvalue weighted by molar-refractivity contribution is 0.0987. The SMILES string of the molecule is CN(C(=O)c1nn(-c2ccccc2)c2c1CCC2)c1ccccc1. The average molecular weight is 317 g/mol. The van der Waals surface area contributed by atoms with Crippen molar-refractivity contribution >= 4 is 11.6 Å². The molecule has 1 aliphatic carbocycles. The van der Waals surface area contributed by atoms with Gasteiger partial charge in [-0.25, -0.2) is 4.68 Å². The summed E-state index contributed by atoms with van der Waals surface area (Å²) in [5.74, 6) is -0.0472. The zero-order chi connectivity index (χ0) is 16.5. The van der Waals surface area contributed by atoms with Crippen LogP contribution < -0.4 is 4.90 Å². The second-order valence-corrected chi connectivity index (χ2v) is 6.07. The third kappa shape index (κ3) is 2.40. The Morgan fingerprint density at radius 1 is 1.00 bits per heavy atom. The number of rotatable bonds is 3. The predicted molar refractivity (Wildman–Crippen MR) is 94.8 cm³/mol. The number of carbonyl (C=O) groups excluding carboxylic acids is 1. The van der Waals surface area contributed by atoms with Gasteiger partial charge >= 0.3 is 0 Å². The van der Waals surface area contributed by atoms with E-state index >= 15 is 0 Å². The Bertz CT molecular complexity index is 869. The summed E-state index contributed by atoms with van der Waals surface area (Å²) >= 11 is 0. The van der Waals surface area contributed by atoms with Crippen molar-refractivity contribution in [3.8, 4) is 5.69 Å². The van der Waals surface area contributed by atoms with Gasteiger partial charge in [-0.1, -0.05) is 36.4 Å². The quantitative estimate of drug-likeness (QED) is 0.740. The zero-order valence-electron chi connectivity index (χ0n) is 13.6. The Balaban J connectivity index is 1.75. The van der Waals surface area contributed by atoms with Crippen molar-refractivity contribution < 1.29 is 4.79 Å². The molecule has 0 radical (unpaired) electrons. The highest BCUT2D eigenvalue weighted by atomic mass is 16.2. The Morgan fingerprint density at radius 2 is 1.67 bits per heavy atom. The van der Waals surface area contributed by atoms with Crippen molar-refractivity contribution in [3.63, 3.8) is 0 Å². The van der Waals surface area contributed by atoms with Gasteiger partial charge in [0.05, 0.1) is 5.69 Å². The molecule has 2 aromatic carbocycles. The van der Waals surface area contributed by atoms with Crippen LogP contribution in [0.3, 0.4) is 0 Å². The topological polar surface area (TPSA) is 38.1 Å². The lowest BCUT2D eigenvalue weighted by atomic mass is 10.1. The molecule has 4 nitrogen and oxygen atoms in total. The third-order valence-electron chi connectivity index (χ3n) is 4.58. The molecule has 1 amide bonds. The van der Waals surface area contributed by atoms with E-state index in [9.17, 15) is 4.79 Å². The van der Waals surface area contributed by atoms with Gasteiger partial charge in [0.2, 0.25) is 0 Å². The molecule has 1 aliphatic rings. The van der Waals surface area contributed by atoms with E-state index in [2.05, 4.69) is 5.10 Å². The molecule has 0 spiro atoms. The Hall–Kier alpha value is -2.88. The number of hydrogen-bond acceptors (Lipinski definition) is 2. The van der Waals surface area contributed by atoms with E-state index in [1.807, 2.05) is 65.3 Å². The van der Waals surface area contributed by atoms with Crippen LogP contribution in [0.4, 0.5) is 5.69 Å². The number of anilines is 1. The Kier molecular flexibility index (Phi) is 3.65. The van der Waals surface area contributed by atoms with E-state index in [1.165, 1.54) is 5.69 Å². The summed E-state index contributed by atoms with van der Waals surface area (Å²) < 4.78 is 1.94. The molecule has 0 saturated carbocycles. The summed E-state index contributed by atoms with van der Waals surface area (Å²) in [4.78, 5) is 14.7. The van der Waals surface area contributed by atoms with Gasteiger partial charge in [0.25, 0.3) is 5.91 Å². The van der Waals surface area contributed by atoms with Gasteiger partial charge in [-0.15, -0.1) is 0 Å². The maximum atomic E-state index is 13.0. The van der Waals surface area contributed by atoms with Crippen molar-refractivity contribution in [3.05, 3.63) is 77.6 Å². The van der Waals surface area contributed by atoms with Gasteiger partial charge in [0.1, 0.15) is 0 Å². The number of benzene rings is 2. The predicted octanol–water partition coefficient (Wildman–Crippen LogP) is 3.64. The second kappa shape index (κ2) is 5.96. The fourth-order valence-electron chi connectivity index (χ4n) is 3.32. The molecule has 0 N–H and O–H groups in total. The number of carbonyl (C=O) groups is 1. The van der Waals surface area contributed by atoms with Crippen molar-refractivity contribution in [1.29, 1.82) is 0 Å². The molecule has 0 saturated heterocycles. The zero-order valence-corrected chi connectivity index (χ0v) is 13.6. The summed E-state index contributed by atoms with van der Waals surface area (Å²) in [6, 6.07) is 19.7. The van der Waals surface area contributed by atoms with Crippen molar-refractivity contribution in [2.75, 3.05) is 11.9 Å². The minimum atomic E-state index is -0.0472. The van der Waals surface area contributed by atoms with Crippen LogP contribution in [-0.2, 0) is 12.8 Å². The lowest BCUT2D eigenvalue weighted by Crippen LogP contribution is -2.27. The highest BCUT2D eigenvalue weighted by Gasteiger charge is 2.28. The molecule has 0 bridgehead atoms. The number of aromatic nitrogens is 2. The molecule has 4 rings (SSSR count). The van der Waals surface area contributed by atoms with E-state index in [1.54, 1.807) is 11.9 Å². The first-order chi connectivity index (χ1) is 11.8. The normalized spacial score (nSPS) is 12.9. The first kappa shape index (κ1) is 14.7.